The number of carbonyl (C=O) groups excluding carboxylic acids is 4. The zero-order valence-electron chi connectivity index (χ0n) is 16.0. The van der Waals surface area contributed by atoms with E-state index in [2.05, 4.69) is 15.8 Å². The van der Waals surface area contributed by atoms with E-state index in [9.17, 15) is 29.3 Å². The van der Waals surface area contributed by atoms with Gasteiger partial charge in [-0.3, -0.25) is 29.8 Å². The van der Waals surface area contributed by atoms with Crippen LogP contribution in [0.3, 0.4) is 0 Å². The number of hydrogen-bond acceptors (Lipinski definition) is 8. The summed E-state index contributed by atoms with van der Waals surface area (Å²) >= 11 is 0. The molecule has 2 aromatic carbocycles. The van der Waals surface area contributed by atoms with Gasteiger partial charge in [-0.15, -0.1) is 0 Å². The summed E-state index contributed by atoms with van der Waals surface area (Å²) in [4.78, 5) is 60.0. The summed E-state index contributed by atoms with van der Waals surface area (Å²) in [6, 6.07) is 10.0. The molecular formula is C19H15N5O7. The van der Waals surface area contributed by atoms with Crippen molar-refractivity contribution in [3.05, 3.63) is 64.2 Å². The standard InChI is InChI=1S/C19H15N5O7/c1-31-15-5-3-2-4-14(15)23-18(27)13(17(26)21-19(23)28)10-20-22-16(25)11-6-8-12(9-7-11)24(29)30/h2-10,13H,1H3,(H,22,25)(H,21,26,28)/b20-10-/t13-/m1/s1. The smallest absolute Gasteiger partial charge is 0.335 e. The average Bonchev–Trinajstić information content (AvgIpc) is 2.76. The van der Waals surface area contributed by atoms with Gasteiger partial charge in [-0.25, -0.2) is 15.1 Å². The maximum atomic E-state index is 12.8. The first-order chi connectivity index (χ1) is 14.8. The predicted molar refractivity (Wildman–Crippen MR) is 107 cm³/mol. The molecule has 1 heterocycles. The van der Waals surface area contributed by atoms with Crippen LogP contribution in [0.15, 0.2) is 53.6 Å². The molecule has 158 valence electrons. The van der Waals surface area contributed by atoms with Gasteiger partial charge in [0.25, 0.3) is 17.5 Å². The van der Waals surface area contributed by atoms with Crippen LogP contribution >= 0.6 is 0 Å². The van der Waals surface area contributed by atoms with Gasteiger partial charge in [0.2, 0.25) is 5.91 Å². The average molecular weight is 425 g/mol. The van der Waals surface area contributed by atoms with Crippen molar-refractivity contribution in [2.45, 2.75) is 0 Å². The first-order valence-corrected chi connectivity index (χ1v) is 8.73. The normalized spacial score (nSPS) is 16.2. The van der Waals surface area contributed by atoms with E-state index in [1.807, 2.05) is 0 Å². The van der Waals surface area contributed by atoms with Crippen LogP contribution in [0.2, 0.25) is 0 Å². The fourth-order valence-electron chi connectivity index (χ4n) is 2.73. The van der Waals surface area contributed by atoms with Crippen molar-refractivity contribution in [2.24, 2.45) is 11.0 Å². The number of urea groups is 1. The zero-order valence-corrected chi connectivity index (χ0v) is 16.0. The monoisotopic (exact) mass is 425 g/mol. The topological polar surface area (TPSA) is 160 Å². The minimum Gasteiger partial charge on any atom is -0.495 e. The molecule has 1 aliphatic heterocycles. The third-order valence-electron chi connectivity index (χ3n) is 4.26. The molecule has 2 N–H and O–H groups in total. The third kappa shape index (κ3) is 4.37. The zero-order chi connectivity index (χ0) is 22.5. The van der Waals surface area contributed by atoms with Crippen molar-refractivity contribution >= 4 is 41.3 Å². The Kier molecular flexibility index (Phi) is 6.00. The molecule has 12 nitrogen and oxygen atoms in total. The molecule has 12 heteroatoms. The van der Waals surface area contributed by atoms with Gasteiger partial charge in [-0.05, 0) is 24.3 Å². The molecule has 3 rings (SSSR count). The Labute approximate surface area is 174 Å². The van der Waals surface area contributed by atoms with Gasteiger partial charge >= 0.3 is 6.03 Å². The van der Waals surface area contributed by atoms with Gasteiger partial charge in [-0.1, -0.05) is 12.1 Å². The van der Waals surface area contributed by atoms with Crippen molar-refractivity contribution in [3.63, 3.8) is 0 Å². The molecule has 1 aliphatic rings. The number of non-ortho nitro benzene ring substituents is 1. The molecule has 0 unspecified atom stereocenters. The molecule has 5 amide bonds. The summed E-state index contributed by atoms with van der Waals surface area (Å²) < 4.78 is 5.15. The summed E-state index contributed by atoms with van der Waals surface area (Å²) in [5.74, 6) is -3.75. The van der Waals surface area contributed by atoms with E-state index in [4.69, 9.17) is 4.74 Å². The minimum absolute atomic E-state index is 0.0769. The highest BCUT2D eigenvalue weighted by molar-refractivity contribution is 6.32. The van der Waals surface area contributed by atoms with E-state index in [0.29, 0.717) is 0 Å². The second kappa shape index (κ2) is 8.82. The number of anilines is 1. The predicted octanol–water partition coefficient (Wildman–Crippen LogP) is 1.22. The molecule has 31 heavy (non-hydrogen) atoms. The van der Waals surface area contributed by atoms with Crippen molar-refractivity contribution in [1.29, 1.82) is 0 Å². The summed E-state index contributed by atoms with van der Waals surface area (Å²) in [7, 11) is 1.36. The van der Waals surface area contributed by atoms with E-state index in [-0.39, 0.29) is 22.7 Å². The molecule has 0 aliphatic carbocycles. The molecule has 0 bridgehead atoms. The Bertz CT molecular complexity index is 1100. The molecule has 1 saturated heterocycles. The van der Waals surface area contributed by atoms with Crippen molar-refractivity contribution in [1.82, 2.24) is 10.7 Å². The van der Waals surface area contributed by atoms with Crippen LogP contribution in [0, 0.1) is 16.0 Å². The van der Waals surface area contributed by atoms with Crippen LogP contribution in [-0.2, 0) is 9.59 Å². The molecule has 0 radical (unpaired) electrons. The van der Waals surface area contributed by atoms with Crippen LogP contribution in [-0.4, -0.2) is 42.0 Å². The number of nitro groups is 1. The fraction of sp³-hybridized carbons (Fsp3) is 0.105. The van der Waals surface area contributed by atoms with Crippen LogP contribution in [0.4, 0.5) is 16.2 Å². The number of imide groups is 2. The molecule has 2 aromatic rings. The maximum Gasteiger partial charge on any atom is 0.335 e. The van der Waals surface area contributed by atoms with Gasteiger partial charge in [-0.2, -0.15) is 5.10 Å². The van der Waals surface area contributed by atoms with E-state index >= 15 is 0 Å². The Balaban J connectivity index is 1.75. The number of nitrogens with zero attached hydrogens (tertiary/aromatic N) is 3. The minimum atomic E-state index is -1.49. The summed E-state index contributed by atoms with van der Waals surface area (Å²) in [6.07, 6.45) is 0.885. The number of methoxy groups -OCH3 is 1. The number of para-hydroxylation sites is 2. The summed E-state index contributed by atoms with van der Waals surface area (Å²) in [6.45, 7) is 0. The quantitative estimate of drug-likeness (QED) is 0.304. The second-order valence-electron chi connectivity index (χ2n) is 6.14. The Morgan fingerprint density at radius 2 is 1.87 bits per heavy atom. The second-order valence-corrected chi connectivity index (χ2v) is 6.14. The number of benzene rings is 2. The molecule has 0 aromatic heterocycles. The largest absolute Gasteiger partial charge is 0.495 e. The van der Waals surface area contributed by atoms with Crippen molar-refractivity contribution in [3.8, 4) is 5.75 Å². The molecule has 1 atom stereocenters. The number of nitro benzene ring substituents is 1. The lowest BCUT2D eigenvalue weighted by Crippen LogP contribution is -2.58. The number of ether oxygens (including phenoxy) is 1. The van der Waals surface area contributed by atoms with Crippen molar-refractivity contribution in [2.75, 3.05) is 12.0 Å². The number of nitrogens with one attached hydrogen (secondary N) is 2. The van der Waals surface area contributed by atoms with Gasteiger partial charge in [0, 0.05) is 23.9 Å². The first-order valence-electron chi connectivity index (χ1n) is 8.73. The number of barbiturate groups is 1. The SMILES string of the molecule is COc1ccccc1N1C(=O)NC(=O)[C@@H](/C=N\NC(=O)c2ccc([N+](=O)[O-])cc2)C1=O. The molecule has 1 fully saturated rings. The van der Waals surface area contributed by atoms with E-state index in [1.54, 1.807) is 18.2 Å². The van der Waals surface area contributed by atoms with E-state index in [1.165, 1.54) is 25.3 Å². The number of hydrazone groups is 1. The highest BCUT2D eigenvalue weighted by Crippen LogP contribution is 2.30. The fourth-order valence-corrected chi connectivity index (χ4v) is 2.73. The number of hydrogen-bond donors (Lipinski definition) is 2. The lowest BCUT2D eigenvalue weighted by Gasteiger charge is -2.29. The summed E-state index contributed by atoms with van der Waals surface area (Å²) in [5, 5.41) is 16.3. The van der Waals surface area contributed by atoms with Gasteiger partial charge in [0.1, 0.15) is 5.75 Å². The van der Waals surface area contributed by atoms with Crippen LogP contribution in [0.5, 0.6) is 5.75 Å². The molecule has 0 spiro atoms. The van der Waals surface area contributed by atoms with Gasteiger partial charge < -0.3 is 4.74 Å². The molecular weight excluding hydrogens is 410 g/mol. The Morgan fingerprint density at radius 1 is 1.19 bits per heavy atom. The maximum absolute atomic E-state index is 12.8. The number of amides is 5. The Morgan fingerprint density at radius 3 is 2.52 bits per heavy atom. The molecule has 0 saturated carbocycles. The highest BCUT2D eigenvalue weighted by Gasteiger charge is 2.41. The van der Waals surface area contributed by atoms with Crippen LogP contribution < -0.4 is 20.4 Å². The number of rotatable bonds is 6. The van der Waals surface area contributed by atoms with Crippen molar-refractivity contribution < 1.29 is 28.8 Å². The summed E-state index contributed by atoms with van der Waals surface area (Å²) in [5.41, 5.74) is 2.15. The number of carbonyl (C=O) groups is 4. The lowest BCUT2D eigenvalue weighted by molar-refractivity contribution is -0.384. The van der Waals surface area contributed by atoms with Crippen LogP contribution in [0.25, 0.3) is 0 Å². The first kappa shape index (κ1) is 21.1. The van der Waals surface area contributed by atoms with Gasteiger partial charge in [0.15, 0.2) is 5.92 Å². The van der Waals surface area contributed by atoms with E-state index < -0.39 is 34.6 Å². The third-order valence-corrected chi connectivity index (χ3v) is 4.26. The van der Waals surface area contributed by atoms with Gasteiger partial charge in [0.05, 0.1) is 17.7 Å². The van der Waals surface area contributed by atoms with E-state index in [0.717, 1.165) is 23.2 Å². The highest BCUT2D eigenvalue weighted by atomic mass is 16.6. The Hall–Kier alpha value is -4.61. The lowest BCUT2D eigenvalue weighted by atomic mass is 10.1. The van der Waals surface area contributed by atoms with Crippen LogP contribution in [0.1, 0.15) is 10.4 Å².